The molecule has 14 nitrogen and oxygen atoms in total. The zero-order valence-corrected chi connectivity index (χ0v) is 31.0. The molecule has 2 aliphatic rings. The largest absolute Gasteiger partial charge is 0.453 e. The maximum Gasteiger partial charge on any atom is 0.407 e. The Kier molecular flexibility index (Phi) is 10.5. The summed E-state index contributed by atoms with van der Waals surface area (Å²) in [4.78, 5) is 70.7. The summed E-state index contributed by atoms with van der Waals surface area (Å²) in [5.41, 5.74) is 7.60. The molecule has 54 heavy (non-hydrogen) atoms. The van der Waals surface area contributed by atoms with Gasteiger partial charge in [0.15, 0.2) is 0 Å². The molecule has 2 aliphatic heterocycles. The molecule has 0 unspecified atom stereocenters. The number of amides is 4. The van der Waals surface area contributed by atoms with Crippen LogP contribution in [0.2, 0.25) is 0 Å². The van der Waals surface area contributed by atoms with Crippen LogP contribution in [-0.2, 0) is 19.1 Å². The third-order valence-corrected chi connectivity index (χ3v) is 10.6. The number of benzene rings is 3. The summed E-state index contributed by atoms with van der Waals surface area (Å²) < 4.78 is 9.44. The quantitative estimate of drug-likeness (QED) is 0.128. The molecule has 4 atom stereocenters. The number of hydrogen-bond donors (Lipinski definition) is 4. The fraction of sp³-hybridized carbons (Fsp3) is 0.400. The molecular weight excluding hydrogens is 688 g/mol. The van der Waals surface area contributed by atoms with Gasteiger partial charge in [-0.3, -0.25) is 9.59 Å². The van der Waals surface area contributed by atoms with Gasteiger partial charge in [0.1, 0.15) is 23.7 Å². The van der Waals surface area contributed by atoms with E-state index in [0.29, 0.717) is 25.9 Å². The highest BCUT2D eigenvalue weighted by molar-refractivity contribution is 5.88. The Morgan fingerprint density at radius 2 is 1.06 bits per heavy atom. The van der Waals surface area contributed by atoms with Gasteiger partial charge >= 0.3 is 12.2 Å². The van der Waals surface area contributed by atoms with Crippen LogP contribution >= 0.6 is 0 Å². The van der Waals surface area contributed by atoms with E-state index in [4.69, 9.17) is 19.4 Å². The van der Waals surface area contributed by atoms with Crippen molar-refractivity contribution < 1.29 is 28.7 Å². The van der Waals surface area contributed by atoms with Crippen molar-refractivity contribution in [2.75, 3.05) is 27.3 Å². The molecular formula is C40H46N8O6. The van der Waals surface area contributed by atoms with Gasteiger partial charge in [0.25, 0.3) is 0 Å². The molecule has 282 valence electrons. The Labute approximate surface area is 313 Å². The highest BCUT2D eigenvalue weighted by Gasteiger charge is 2.37. The highest BCUT2D eigenvalue weighted by atomic mass is 16.5. The smallest absolute Gasteiger partial charge is 0.407 e. The van der Waals surface area contributed by atoms with Gasteiger partial charge in [0.05, 0.1) is 48.4 Å². The first-order valence-electron chi connectivity index (χ1n) is 18.6. The van der Waals surface area contributed by atoms with Crippen LogP contribution in [0.1, 0.15) is 76.1 Å². The van der Waals surface area contributed by atoms with Crippen molar-refractivity contribution >= 4 is 46.1 Å². The molecule has 4 amide bonds. The van der Waals surface area contributed by atoms with Gasteiger partial charge in [-0.05, 0) is 85.0 Å². The highest BCUT2D eigenvalue weighted by Crippen LogP contribution is 2.35. The van der Waals surface area contributed by atoms with Crippen LogP contribution in [0.4, 0.5) is 9.59 Å². The Morgan fingerprint density at radius 3 is 1.43 bits per heavy atom. The molecule has 0 saturated carbocycles. The van der Waals surface area contributed by atoms with Gasteiger partial charge in [-0.1, -0.05) is 50.2 Å². The molecule has 2 aromatic heterocycles. The molecule has 4 N–H and O–H groups in total. The Hall–Kier alpha value is -5.92. The maximum absolute atomic E-state index is 13.4. The van der Waals surface area contributed by atoms with Crippen LogP contribution in [-0.4, -0.2) is 93.1 Å². The molecule has 3 aromatic carbocycles. The molecule has 0 radical (unpaired) electrons. The minimum absolute atomic E-state index is 0.136. The van der Waals surface area contributed by atoms with E-state index in [1.807, 2.05) is 35.8 Å². The van der Waals surface area contributed by atoms with Crippen molar-refractivity contribution in [2.45, 2.75) is 76.5 Å². The molecule has 2 fully saturated rings. The fourth-order valence-corrected chi connectivity index (χ4v) is 7.70. The van der Waals surface area contributed by atoms with Crippen LogP contribution in [0.25, 0.3) is 44.3 Å². The minimum atomic E-state index is -0.659. The number of aromatic amines is 2. The number of ether oxygens (including phenoxy) is 2. The standard InChI is InChI=1S/C40H46N8O6/c1-5-27(45-39(51)53-3)37(49)47-19-7-9-33(47)35-41-29-17-15-25(21-31(29)43-35)23-11-13-24(14-12-23)26-16-18-30-32(22-26)44-36(42-30)34-10-8-20-48(34)38(50)28(6-2)46-40(52)54-4/h11-18,21-22,27-28,33-34H,5-10,19-20H2,1-4H3,(H,41,43)(H,42,44)(H,45,51)(H,46,52)/t27-,28-,33-,34-/m0/s1. The first-order valence-corrected chi connectivity index (χ1v) is 18.6. The zero-order valence-electron chi connectivity index (χ0n) is 31.0. The fourth-order valence-electron chi connectivity index (χ4n) is 7.70. The van der Waals surface area contributed by atoms with E-state index in [1.54, 1.807) is 0 Å². The number of carbonyl (C=O) groups is 4. The van der Waals surface area contributed by atoms with Crippen LogP contribution in [0.15, 0.2) is 60.7 Å². The average Bonchev–Trinajstić information content (AvgIpc) is 4.03. The first kappa shape index (κ1) is 36.4. The SMILES string of the molecule is CC[C@H](NC(=O)OC)C(=O)N1CCC[C@H]1c1nc2ccc(-c3ccc(-c4ccc5nc([C@@H]6CCCN6C(=O)[C@H](CC)NC(=O)OC)[nH]c5c4)cc3)cc2[nH]1. The predicted octanol–water partition coefficient (Wildman–Crippen LogP) is 6.37. The third kappa shape index (κ3) is 7.20. The second kappa shape index (κ2) is 15.6. The lowest BCUT2D eigenvalue weighted by atomic mass is 10.00. The van der Waals surface area contributed by atoms with Gasteiger partial charge in [0.2, 0.25) is 11.8 Å². The number of fused-ring (bicyclic) bond motifs is 2. The lowest BCUT2D eigenvalue weighted by molar-refractivity contribution is -0.135. The normalized spacial score (nSPS) is 18.1. The molecule has 5 aromatic rings. The third-order valence-electron chi connectivity index (χ3n) is 10.6. The summed E-state index contributed by atoms with van der Waals surface area (Å²) in [5.74, 6) is 1.20. The van der Waals surface area contributed by atoms with Crippen LogP contribution in [0.3, 0.4) is 0 Å². The molecule has 0 spiro atoms. The van der Waals surface area contributed by atoms with Crippen LogP contribution in [0, 0.1) is 0 Å². The number of carbonyl (C=O) groups excluding carboxylic acids is 4. The van der Waals surface area contributed by atoms with E-state index < -0.39 is 24.3 Å². The van der Waals surface area contributed by atoms with Gasteiger partial charge in [-0.25, -0.2) is 19.6 Å². The lowest BCUT2D eigenvalue weighted by Gasteiger charge is -2.27. The monoisotopic (exact) mass is 734 g/mol. The van der Waals surface area contributed by atoms with E-state index >= 15 is 0 Å². The lowest BCUT2D eigenvalue weighted by Crippen LogP contribution is -2.48. The number of likely N-dealkylation sites (tertiary alicyclic amines) is 2. The molecule has 14 heteroatoms. The molecule has 0 aliphatic carbocycles. The summed E-state index contributed by atoms with van der Waals surface area (Å²) in [6, 6.07) is 18.9. The number of methoxy groups -OCH3 is 2. The van der Waals surface area contributed by atoms with E-state index in [9.17, 15) is 19.2 Å². The van der Waals surface area contributed by atoms with Crippen LogP contribution in [0.5, 0.6) is 0 Å². The number of imidazole rings is 2. The van der Waals surface area contributed by atoms with Gasteiger partial charge in [-0.15, -0.1) is 0 Å². The van der Waals surface area contributed by atoms with E-state index in [-0.39, 0.29) is 23.9 Å². The van der Waals surface area contributed by atoms with E-state index in [1.165, 1.54) is 14.2 Å². The van der Waals surface area contributed by atoms with Gasteiger partial charge in [-0.2, -0.15) is 0 Å². The molecule has 2 saturated heterocycles. The Balaban J connectivity index is 1.06. The maximum atomic E-state index is 13.4. The number of H-pyrrole nitrogens is 2. The predicted molar refractivity (Wildman–Crippen MR) is 203 cm³/mol. The summed E-state index contributed by atoms with van der Waals surface area (Å²) in [6.45, 7) is 4.92. The van der Waals surface area contributed by atoms with Crippen molar-refractivity contribution in [3.8, 4) is 22.3 Å². The molecule has 4 heterocycles. The number of alkyl carbamates (subject to hydrolysis) is 2. The molecule has 7 rings (SSSR count). The summed E-state index contributed by atoms with van der Waals surface area (Å²) in [7, 11) is 2.57. The summed E-state index contributed by atoms with van der Waals surface area (Å²) >= 11 is 0. The Bertz CT molecular complexity index is 2020. The summed E-state index contributed by atoms with van der Waals surface area (Å²) in [5, 5.41) is 5.31. The van der Waals surface area contributed by atoms with E-state index in [2.05, 4.69) is 69.1 Å². The van der Waals surface area contributed by atoms with E-state index in [0.717, 1.165) is 81.7 Å². The number of nitrogens with zero attached hydrogens (tertiary/aromatic N) is 4. The van der Waals surface area contributed by atoms with Crippen molar-refractivity contribution in [2.24, 2.45) is 0 Å². The van der Waals surface area contributed by atoms with Crippen molar-refractivity contribution in [3.05, 3.63) is 72.3 Å². The second-order valence-corrected chi connectivity index (χ2v) is 13.9. The van der Waals surface area contributed by atoms with Crippen molar-refractivity contribution in [1.29, 1.82) is 0 Å². The first-order chi connectivity index (χ1) is 26.2. The minimum Gasteiger partial charge on any atom is -0.453 e. The van der Waals surface area contributed by atoms with Crippen molar-refractivity contribution in [3.63, 3.8) is 0 Å². The number of rotatable bonds is 10. The Morgan fingerprint density at radius 1 is 0.667 bits per heavy atom. The number of nitrogens with one attached hydrogen (secondary N) is 4. The van der Waals surface area contributed by atoms with Crippen LogP contribution < -0.4 is 10.6 Å². The number of hydrogen-bond acceptors (Lipinski definition) is 8. The summed E-state index contributed by atoms with van der Waals surface area (Å²) in [6.07, 6.45) is 2.95. The van der Waals surface area contributed by atoms with Crippen molar-refractivity contribution in [1.82, 2.24) is 40.4 Å². The average molecular weight is 735 g/mol. The van der Waals surface area contributed by atoms with Gasteiger partial charge in [0, 0.05) is 13.1 Å². The topological polar surface area (TPSA) is 175 Å². The van der Waals surface area contributed by atoms with Gasteiger partial charge < -0.3 is 39.9 Å². The zero-order chi connectivity index (χ0) is 37.9. The number of aromatic nitrogens is 4. The molecule has 0 bridgehead atoms. The second-order valence-electron chi connectivity index (χ2n) is 13.9.